The Morgan fingerprint density at radius 2 is 1.75 bits per heavy atom. The van der Waals surface area contributed by atoms with Crippen molar-refractivity contribution in [1.82, 2.24) is 10.2 Å². The van der Waals surface area contributed by atoms with Gasteiger partial charge in [-0.15, -0.1) is 0 Å². The predicted octanol–water partition coefficient (Wildman–Crippen LogP) is 0.204. The van der Waals surface area contributed by atoms with Crippen molar-refractivity contribution in [3.05, 3.63) is 57.9 Å². The van der Waals surface area contributed by atoms with Crippen LogP contribution in [0.4, 0.5) is 5.82 Å². The fourth-order valence-corrected chi connectivity index (χ4v) is 2.69. The molecule has 0 radical (unpaired) electrons. The number of hydrogen-bond acceptors (Lipinski definition) is 5. The van der Waals surface area contributed by atoms with E-state index in [1.54, 1.807) is 24.3 Å². The zero-order valence-corrected chi connectivity index (χ0v) is 11.2. The Kier molecular flexibility index (Phi) is 4.16. The smallest absolute Gasteiger partial charge is 0.264 e. The number of nitrogens with zero attached hydrogens (tertiary/aromatic N) is 1. The van der Waals surface area contributed by atoms with Crippen molar-refractivity contribution < 1.29 is 13.5 Å². The van der Waals surface area contributed by atoms with Gasteiger partial charge in [0.05, 0.1) is 12.4 Å². The fourth-order valence-electron chi connectivity index (χ4n) is 1.56. The molecule has 106 valence electrons. The predicted molar refractivity (Wildman–Crippen MR) is 73.5 cm³/mol. The van der Waals surface area contributed by atoms with E-state index in [4.69, 9.17) is 5.11 Å². The van der Waals surface area contributed by atoms with Crippen LogP contribution < -0.4 is 10.3 Å². The Bertz CT molecular complexity index is 718. The quantitative estimate of drug-likeness (QED) is 0.729. The maximum Gasteiger partial charge on any atom is 0.264 e. The van der Waals surface area contributed by atoms with Gasteiger partial charge < -0.3 is 5.11 Å². The minimum absolute atomic E-state index is 0.0524. The van der Waals surface area contributed by atoms with E-state index in [9.17, 15) is 13.2 Å². The molecule has 0 fully saturated rings. The second kappa shape index (κ2) is 5.85. The molecule has 2 rings (SSSR count). The van der Waals surface area contributed by atoms with Gasteiger partial charge in [0.1, 0.15) is 0 Å². The Hall–Kier alpha value is -2.19. The second-order valence-electron chi connectivity index (χ2n) is 4.14. The minimum atomic E-state index is -3.62. The average molecular weight is 295 g/mol. The SMILES string of the molecule is O=c1ccc(NS(=O)(=O)Cc2ccc(CO)cc2)n[nH]1. The Balaban J connectivity index is 2.10. The number of rotatable bonds is 5. The highest BCUT2D eigenvalue weighted by molar-refractivity contribution is 7.91. The summed E-state index contributed by atoms with van der Waals surface area (Å²) in [4.78, 5) is 10.8. The first-order valence-electron chi connectivity index (χ1n) is 5.73. The molecule has 1 aromatic carbocycles. The molecule has 7 nitrogen and oxygen atoms in total. The van der Waals surface area contributed by atoms with E-state index >= 15 is 0 Å². The lowest BCUT2D eigenvalue weighted by molar-refractivity contribution is 0.282. The van der Waals surface area contributed by atoms with Crippen LogP contribution in [0.3, 0.4) is 0 Å². The van der Waals surface area contributed by atoms with E-state index in [-0.39, 0.29) is 18.2 Å². The lowest BCUT2D eigenvalue weighted by atomic mass is 10.2. The van der Waals surface area contributed by atoms with Crippen LogP contribution in [0.2, 0.25) is 0 Å². The molecule has 0 atom stereocenters. The van der Waals surface area contributed by atoms with Crippen molar-refractivity contribution >= 4 is 15.8 Å². The average Bonchev–Trinajstić information content (AvgIpc) is 2.41. The largest absolute Gasteiger partial charge is 0.392 e. The van der Waals surface area contributed by atoms with Crippen molar-refractivity contribution in [2.75, 3.05) is 4.72 Å². The van der Waals surface area contributed by atoms with Crippen LogP contribution in [0.25, 0.3) is 0 Å². The monoisotopic (exact) mass is 295 g/mol. The number of H-pyrrole nitrogens is 1. The first-order valence-corrected chi connectivity index (χ1v) is 7.39. The summed E-state index contributed by atoms with van der Waals surface area (Å²) in [7, 11) is -3.62. The molecule has 0 bridgehead atoms. The van der Waals surface area contributed by atoms with E-state index < -0.39 is 15.6 Å². The third kappa shape index (κ3) is 3.90. The third-order valence-corrected chi connectivity index (χ3v) is 3.73. The first kappa shape index (κ1) is 14.2. The fraction of sp³-hybridized carbons (Fsp3) is 0.167. The number of aliphatic hydroxyl groups excluding tert-OH is 1. The van der Waals surface area contributed by atoms with Crippen LogP contribution in [0.15, 0.2) is 41.2 Å². The molecule has 0 aliphatic carbocycles. The highest BCUT2D eigenvalue weighted by atomic mass is 32.2. The normalized spacial score (nSPS) is 11.2. The van der Waals surface area contributed by atoms with Crippen LogP contribution >= 0.6 is 0 Å². The molecular formula is C12H13N3O4S. The Morgan fingerprint density at radius 1 is 1.10 bits per heavy atom. The molecule has 2 aromatic rings. The summed E-state index contributed by atoms with van der Waals surface area (Å²) in [6, 6.07) is 9.04. The summed E-state index contributed by atoms with van der Waals surface area (Å²) in [5, 5.41) is 14.6. The molecular weight excluding hydrogens is 282 g/mol. The van der Waals surface area contributed by atoms with Crippen LogP contribution in [-0.2, 0) is 22.4 Å². The number of aliphatic hydroxyl groups is 1. The molecule has 0 unspecified atom stereocenters. The van der Waals surface area contributed by atoms with E-state index in [0.29, 0.717) is 11.1 Å². The van der Waals surface area contributed by atoms with Crippen LogP contribution in [-0.4, -0.2) is 23.7 Å². The summed E-state index contributed by atoms with van der Waals surface area (Å²) >= 11 is 0. The standard InChI is InChI=1S/C12H13N3O4S/c16-7-9-1-3-10(4-2-9)8-20(18,19)15-11-5-6-12(17)14-13-11/h1-6,16H,7-8H2,(H,13,15)(H,14,17). The maximum absolute atomic E-state index is 11.9. The van der Waals surface area contributed by atoms with Crippen molar-refractivity contribution in [3.63, 3.8) is 0 Å². The second-order valence-corrected chi connectivity index (χ2v) is 5.86. The maximum atomic E-state index is 11.9. The number of anilines is 1. The van der Waals surface area contributed by atoms with Gasteiger partial charge in [0.2, 0.25) is 10.0 Å². The van der Waals surface area contributed by atoms with Gasteiger partial charge in [0.15, 0.2) is 5.82 Å². The third-order valence-electron chi connectivity index (χ3n) is 2.50. The van der Waals surface area contributed by atoms with Crippen LogP contribution in [0, 0.1) is 0 Å². The lowest BCUT2D eigenvalue weighted by Crippen LogP contribution is -2.17. The van der Waals surface area contributed by atoms with Gasteiger partial charge in [0.25, 0.3) is 5.56 Å². The summed E-state index contributed by atoms with van der Waals surface area (Å²) < 4.78 is 26.1. The van der Waals surface area contributed by atoms with Gasteiger partial charge in [-0.25, -0.2) is 13.5 Å². The number of sulfonamides is 1. The molecule has 1 aromatic heterocycles. The van der Waals surface area contributed by atoms with Gasteiger partial charge in [-0.05, 0) is 17.2 Å². The zero-order valence-electron chi connectivity index (χ0n) is 10.4. The van der Waals surface area contributed by atoms with Crippen LogP contribution in [0.1, 0.15) is 11.1 Å². The summed E-state index contributed by atoms with van der Waals surface area (Å²) in [6.07, 6.45) is 0. The summed E-state index contributed by atoms with van der Waals surface area (Å²) in [5.74, 6) is -0.170. The molecule has 0 aliphatic heterocycles. The van der Waals surface area contributed by atoms with Gasteiger partial charge in [-0.3, -0.25) is 9.52 Å². The summed E-state index contributed by atoms with van der Waals surface area (Å²) in [5.41, 5.74) is 0.882. The number of nitrogens with one attached hydrogen (secondary N) is 2. The molecule has 0 saturated carbocycles. The van der Waals surface area contributed by atoms with Gasteiger partial charge >= 0.3 is 0 Å². The molecule has 0 aliphatic rings. The van der Waals surface area contributed by atoms with Crippen molar-refractivity contribution in [2.45, 2.75) is 12.4 Å². The Morgan fingerprint density at radius 3 is 2.30 bits per heavy atom. The van der Waals surface area contributed by atoms with Crippen molar-refractivity contribution in [1.29, 1.82) is 0 Å². The molecule has 8 heteroatoms. The number of benzene rings is 1. The van der Waals surface area contributed by atoms with Gasteiger partial charge in [-0.1, -0.05) is 24.3 Å². The number of aromatic nitrogens is 2. The summed E-state index contributed by atoms with van der Waals surface area (Å²) in [6.45, 7) is -0.0907. The van der Waals surface area contributed by atoms with Crippen molar-refractivity contribution in [2.24, 2.45) is 0 Å². The first-order chi connectivity index (χ1) is 9.48. The lowest BCUT2D eigenvalue weighted by Gasteiger charge is -2.07. The van der Waals surface area contributed by atoms with Crippen LogP contribution in [0.5, 0.6) is 0 Å². The van der Waals surface area contributed by atoms with E-state index in [2.05, 4.69) is 14.9 Å². The topological polar surface area (TPSA) is 112 Å². The molecule has 0 saturated heterocycles. The molecule has 1 heterocycles. The van der Waals surface area contributed by atoms with Gasteiger partial charge in [0, 0.05) is 6.07 Å². The minimum Gasteiger partial charge on any atom is -0.392 e. The van der Waals surface area contributed by atoms with Crippen molar-refractivity contribution in [3.8, 4) is 0 Å². The highest BCUT2D eigenvalue weighted by Crippen LogP contribution is 2.10. The van der Waals surface area contributed by atoms with E-state index in [0.717, 1.165) is 0 Å². The molecule has 20 heavy (non-hydrogen) atoms. The number of hydrogen-bond donors (Lipinski definition) is 3. The molecule has 0 amide bonds. The molecule has 3 N–H and O–H groups in total. The van der Waals surface area contributed by atoms with E-state index in [1.165, 1.54) is 12.1 Å². The molecule has 0 spiro atoms. The zero-order chi connectivity index (χ0) is 14.6. The highest BCUT2D eigenvalue weighted by Gasteiger charge is 2.12. The van der Waals surface area contributed by atoms with Gasteiger partial charge in [-0.2, -0.15) is 5.10 Å². The Labute approximate surface area is 115 Å². The van der Waals surface area contributed by atoms with E-state index in [1.807, 2.05) is 0 Å². The number of aromatic amines is 1.